The Morgan fingerprint density at radius 2 is 1.76 bits per heavy atom. The van der Waals surface area contributed by atoms with Crippen LogP contribution in [0, 0.1) is 5.92 Å². The molecular formula is C29H26N4O3S. The van der Waals surface area contributed by atoms with E-state index in [0.29, 0.717) is 20.8 Å². The standard InChI is InChI=1S/C29H26N4O3S/c1-29-24(26(34)30-19-9-5-4-6-10-19)25(21-11-7-8-12-22(21)36-29)33-27(35)23(37-28(33)31-29)17-18-13-15-20(16-14-18)32(2)3/h4-17,24-25H,1-3H3,(H,30,34)/b23-17-/t24-,25-,29+/m1/s1. The highest BCUT2D eigenvalue weighted by molar-refractivity contribution is 7.07. The summed E-state index contributed by atoms with van der Waals surface area (Å²) in [5.41, 5.74) is 2.15. The molecular weight excluding hydrogens is 484 g/mol. The number of carbonyl (C=O) groups excluding carboxylic acids is 1. The summed E-state index contributed by atoms with van der Waals surface area (Å²) in [5.74, 6) is -0.351. The van der Waals surface area contributed by atoms with E-state index in [0.717, 1.165) is 16.8 Å². The fraction of sp³-hybridized carbons (Fsp3) is 0.207. The third-order valence-electron chi connectivity index (χ3n) is 6.91. The van der Waals surface area contributed by atoms with Gasteiger partial charge in [-0.2, -0.15) is 0 Å². The first-order valence-electron chi connectivity index (χ1n) is 12.1. The second-order valence-electron chi connectivity index (χ2n) is 9.64. The summed E-state index contributed by atoms with van der Waals surface area (Å²) in [6.45, 7) is 1.82. The number of amides is 1. The average molecular weight is 511 g/mol. The van der Waals surface area contributed by atoms with Gasteiger partial charge in [0.05, 0.1) is 10.6 Å². The number of rotatable bonds is 4. The first-order chi connectivity index (χ1) is 17.8. The molecule has 37 heavy (non-hydrogen) atoms. The van der Waals surface area contributed by atoms with E-state index in [-0.39, 0.29) is 11.5 Å². The number of thiazole rings is 1. The Morgan fingerprint density at radius 1 is 1.05 bits per heavy atom. The Bertz CT molecular complexity index is 1670. The van der Waals surface area contributed by atoms with Gasteiger partial charge in [-0.05, 0) is 48.9 Å². The second kappa shape index (κ2) is 8.74. The zero-order valence-electron chi connectivity index (χ0n) is 20.7. The molecule has 3 heterocycles. The van der Waals surface area contributed by atoms with Crippen molar-refractivity contribution in [2.75, 3.05) is 24.3 Å². The van der Waals surface area contributed by atoms with Gasteiger partial charge in [0, 0.05) is 31.0 Å². The molecule has 2 bridgehead atoms. The summed E-state index contributed by atoms with van der Waals surface area (Å²) in [6, 6.07) is 24.3. The maximum Gasteiger partial charge on any atom is 0.270 e. The fourth-order valence-corrected chi connectivity index (χ4v) is 6.20. The van der Waals surface area contributed by atoms with Crippen LogP contribution in [0.1, 0.15) is 24.1 Å². The summed E-state index contributed by atoms with van der Waals surface area (Å²) in [7, 11) is 3.98. The molecule has 0 unspecified atom stereocenters. The van der Waals surface area contributed by atoms with E-state index in [9.17, 15) is 9.59 Å². The van der Waals surface area contributed by atoms with Gasteiger partial charge in [0.2, 0.25) is 11.6 Å². The van der Waals surface area contributed by atoms with E-state index in [4.69, 9.17) is 9.73 Å². The topological polar surface area (TPSA) is 75.9 Å². The van der Waals surface area contributed by atoms with Crippen molar-refractivity contribution >= 4 is 34.7 Å². The van der Waals surface area contributed by atoms with Crippen LogP contribution in [0.2, 0.25) is 0 Å². The largest absolute Gasteiger partial charge is 0.465 e. The predicted octanol–water partition coefficient (Wildman–Crippen LogP) is 3.39. The summed E-state index contributed by atoms with van der Waals surface area (Å²) in [6.07, 6.45) is 1.88. The molecule has 0 aliphatic carbocycles. The summed E-state index contributed by atoms with van der Waals surface area (Å²) >= 11 is 1.32. The molecule has 3 aromatic carbocycles. The number of fused-ring (bicyclic) bond motifs is 6. The Hall–Kier alpha value is -4.17. The summed E-state index contributed by atoms with van der Waals surface area (Å²) < 4.78 is 8.60. The summed E-state index contributed by atoms with van der Waals surface area (Å²) in [5, 5.41) is 3.00. The van der Waals surface area contributed by atoms with Crippen molar-refractivity contribution in [3.63, 3.8) is 0 Å². The maximum atomic E-state index is 13.8. The van der Waals surface area contributed by atoms with Gasteiger partial charge in [-0.25, -0.2) is 4.99 Å². The molecule has 1 amide bonds. The van der Waals surface area contributed by atoms with Gasteiger partial charge in [0.15, 0.2) is 4.80 Å². The van der Waals surface area contributed by atoms with E-state index in [1.807, 2.05) is 111 Å². The molecule has 186 valence electrons. The number of carbonyl (C=O) groups is 1. The highest BCUT2D eigenvalue weighted by atomic mass is 32.1. The average Bonchev–Trinajstić information content (AvgIpc) is 3.17. The van der Waals surface area contributed by atoms with Crippen molar-refractivity contribution < 1.29 is 9.53 Å². The van der Waals surface area contributed by atoms with Gasteiger partial charge >= 0.3 is 0 Å². The molecule has 4 aromatic rings. The Kier molecular flexibility index (Phi) is 5.49. The van der Waals surface area contributed by atoms with E-state index in [1.165, 1.54) is 11.3 Å². The van der Waals surface area contributed by atoms with Crippen molar-refractivity contribution in [2.45, 2.75) is 18.7 Å². The monoisotopic (exact) mass is 510 g/mol. The molecule has 0 fully saturated rings. The van der Waals surface area contributed by atoms with E-state index in [1.54, 1.807) is 4.57 Å². The van der Waals surface area contributed by atoms with Crippen LogP contribution in [0.3, 0.4) is 0 Å². The third-order valence-corrected chi connectivity index (χ3v) is 7.89. The van der Waals surface area contributed by atoms with Gasteiger partial charge in [-0.1, -0.05) is 59.9 Å². The number of aromatic nitrogens is 1. The third kappa shape index (κ3) is 3.94. The lowest BCUT2D eigenvalue weighted by Crippen LogP contribution is -2.59. The molecule has 2 aliphatic rings. The molecule has 8 heteroatoms. The smallest absolute Gasteiger partial charge is 0.270 e. The van der Waals surface area contributed by atoms with Crippen LogP contribution in [0.5, 0.6) is 5.75 Å². The van der Waals surface area contributed by atoms with Crippen molar-refractivity contribution in [3.8, 4) is 5.75 Å². The quantitative estimate of drug-likeness (QED) is 0.457. The van der Waals surface area contributed by atoms with Gasteiger partial charge in [-0.3, -0.25) is 14.2 Å². The highest BCUT2D eigenvalue weighted by Crippen LogP contribution is 2.47. The van der Waals surface area contributed by atoms with Crippen LogP contribution in [0.15, 0.2) is 88.6 Å². The normalized spacial score (nSPS) is 21.8. The van der Waals surface area contributed by atoms with Crippen molar-refractivity contribution in [3.05, 3.63) is 110 Å². The molecule has 2 aliphatic heterocycles. The molecule has 3 atom stereocenters. The number of hydrogen-bond donors (Lipinski definition) is 1. The van der Waals surface area contributed by atoms with Gasteiger partial charge in [0.25, 0.3) is 5.56 Å². The molecule has 7 nitrogen and oxygen atoms in total. The zero-order valence-corrected chi connectivity index (χ0v) is 21.5. The van der Waals surface area contributed by atoms with Crippen LogP contribution in [-0.2, 0) is 4.79 Å². The van der Waals surface area contributed by atoms with Crippen LogP contribution in [0.4, 0.5) is 11.4 Å². The van der Waals surface area contributed by atoms with Crippen LogP contribution >= 0.6 is 11.3 Å². The number of para-hydroxylation sites is 2. The summed E-state index contributed by atoms with van der Waals surface area (Å²) in [4.78, 5) is 35.0. The first-order valence-corrected chi connectivity index (χ1v) is 12.9. The molecule has 0 saturated carbocycles. The number of benzene rings is 3. The number of anilines is 2. The lowest BCUT2D eigenvalue weighted by molar-refractivity contribution is -0.131. The van der Waals surface area contributed by atoms with Crippen molar-refractivity contribution in [2.24, 2.45) is 10.9 Å². The SMILES string of the molecule is CN(C)c1ccc(/C=c2\sc3n(c2=O)[C@@H]2c4ccccc4O[C@](C)(N=3)[C@H]2C(=O)Nc2ccccc2)cc1. The number of ether oxygens (including phenoxy) is 1. The first kappa shape index (κ1) is 23.2. The molecule has 1 N–H and O–H groups in total. The molecule has 0 spiro atoms. The van der Waals surface area contributed by atoms with Crippen LogP contribution < -0.4 is 29.8 Å². The second-order valence-corrected chi connectivity index (χ2v) is 10.6. The van der Waals surface area contributed by atoms with Crippen molar-refractivity contribution in [1.82, 2.24) is 4.57 Å². The Morgan fingerprint density at radius 3 is 2.49 bits per heavy atom. The molecule has 1 aromatic heterocycles. The molecule has 0 saturated heterocycles. The van der Waals surface area contributed by atoms with E-state index < -0.39 is 17.7 Å². The Balaban J connectivity index is 1.50. The minimum Gasteiger partial charge on any atom is -0.465 e. The van der Waals surface area contributed by atoms with Gasteiger partial charge in [-0.15, -0.1) is 0 Å². The highest BCUT2D eigenvalue weighted by Gasteiger charge is 2.55. The van der Waals surface area contributed by atoms with Crippen molar-refractivity contribution in [1.29, 1.82) is 0 Å². The van der Waals surface area contributed by atoms with Crippen LogP contribution in [0.25, 0.3) is 6.08 Å². The number of hydrogen-bond acceptors (Lipinski definition) is 6. The Labute approximate surface area is 218 Å². The minimum absolute atomic E-state index is 0.165. The number of nitrogens with one attached hydrogen (secondary N) is 1. The molecule has 0 radical (unpaired) electrons. The van der Waals surface area contributed by atoms with Gasteiger partial charge in [0.1, 0.15) is 11.7 Å². The minimum atomic E-state index is -1.17. The van der Waals surface area contributed by atoms with Crippen LogP contribution in [-0.4, -0.2) is 30.3 Å². The maximum absolute atomic E-state index is 13.8. The predicted molar refractivity (Wildman–Crippen MR) is 146 cm³/mol. The lowest BCUT2D eigenvalue weighted by Gasteiger charge is -2.45. The molecule has 6 rings (SSSR count). The fourth-order valence-electron chi connectivity index (χ4n) is 5.10. The number of nitrogens with zero attached hydrogens (tertiary/aromatic N) is 3. The zero-order chi connectivity index (χ0) is 25.7. The lowest BCUT2D eigenvalue weighted by atomic mass is 9.80. The van der Waals surface area contributed by atoms with Gasteiger partial charge < -0.3 is 15.0 Å². The van der Waals surface area contributed by atoms with E-state index in [2.05, 4.69) is 5.32 Å². The van der Waals surface area contributed by atoms with E-state index >= 15 is 0 Å².